The minimum atomic E-state index is -0.315. The Morgan fingerprint density at radius 3 is 2.57 bits per heavy atom. The van der Waals surface area contributed by atoms with Crippen molar-refractivity contribution < 1.29 is 9.18 Å². The summed E-state index contributed by atoms with van der Waals surface area (Å²) in [5.41, 5.74) is 3.11. The summed E-state index contributed by atoms with van der Waals surface area (Å²) < 4.78 is 14.7. The number of nitrogens with zero attached hydrogens (tertiary/aromatic N) is 3. The number of carbonyl (C=O) groups excluding carboxylic acids is 1. The van der Waals surface area contributed by atoms with Crippen LogP contribution in [0.25, 0.3) is 5.69 Å². The van der Waals surface area contributed by atoms with Gasteiger partial charge in [-0.05, 0) is 50.2 Å². The number of anilines is 1. The maximum absolute atomic E-state index is 13.1. The molecule has 0 aliphatic carbocycles. The van der Waals surface area contributed by atoms with E-state index >= 15 is 0 Å². The summed E-state index contributed by atoms with van der Waals surface area (Å²) in [6.07, 6.45) is 3.21. The molecule has 0 saturated carbocycles. The average molecular weight is 310 g/mol. The number of rotatable bonds is 3. The normalized spacial score (nSPS) is 10.6. The van der Waals surface area contributed by atoms with Gasteiger partial charge in [-0.2, -0.15) is 5.10 Å². The van der Waals surface area contributed by atoms with Gasteiger partial charge < -0.3 is 5.32 Å². The standard InChI is InChI=1S/C17H15FN4O/c1-11-16(17(23)20-14-4-3-9-19-10-14)12(2)22(21-11)15-7-5-13(18)6-8-15/h3-10H,1-2H3,(H,20,23). The van der Waals surface area contributed by atoms with Crippen molar-refractivity contribution in [2.24, 2.45) is 0 Å². The topological polar surface area (TPSA) is 59.8 Å². The highest BCUT2D eigenvalue weighted by Gasteiger charge is 2.19. The molecule has 0 bridgehead atoms. The first-order valence-corrected chi connectivity index (χ1v) is 7.10. The molecule has 1 amide bonds. The molecule has 5 nitrogen and oxygen atoms in total. The number of amides is 1. The zero-order valence-corrected chi connectivity index (χ0v) is 12.7. The van der Waals surface area contributed by atoms with Gasteiger partial charge in [0, 0.05) is 6.20 Å². The number of carbonyl (C=O) groups is 1. The summed E-state index contributed by atoms with van der Waals surface area (Å²) in [5.74, 6) is -0.564. The highest BCUT2D eigenvalue weighted by molar-refractivity contribution is 6.05. The first kappa shape index (κ1) is 14.9. The van der Waals surface area contributed by atoms with Gasteiger partial charge in [-0.1, -0.05) is 0 Å². The molecule has 2 heterocycles. The molecule has 6 heteroatoms. The lowest BCUT2D eigenvalue weighted by atomic mass is 10.2. The Kier molecular flexibility index (Phi) is 3.89. The molecule has 3 rings (SSSR count). The maximum atomic E-state index is 13.1. The van der Waals surface area contributed by atoms with Crippen LogP contribution < -0.4 is 5.32 Å². The molecule has 3 aromatic rings. The van der Waals surface area contributed by atoms with Gasteiger partial charge in [0.25, 0.3) is 5.91 Å². The van der Waals surface area contributed by atoms with Gasteiger partial charge in [-0.25, -0.2) is 9.07 Å². The Morgan fingerprint density at radius 1 is 1.17 bits per heavy atom. The van der Waals surface area contributed by atoms with Gasteiger partial charge in [0.05, 0.1) is 34.5 Å². The largest absolute Gasteiger partial charge is 0.320 e. The number of nitrogens with one attached hydrogen (secondary N) is 1. The van der Waals surface area contributed by atoms with Crippen LogP contribution in [0.15, 0.2) is 48.8 Å². The SMILES string of the molecule is Cc1nn(-c2ccc(F)cc2)c(C)c1C(=O)Nc1cccnc1. The second kappa shape index (κ2) is 6.00. The van der Waals surface area contributed by atoms with Crippen LogP contribution in [-0.4, -0.2) is 20.7 Å². The van der Waals surface area contributed by atoms with E-state index in [2.05, 4.69) is 15.4 Å². The van der Waals surface area contributed by atoms with E-state index in [1.165, 1.54) is 12.1 Å². The van der Waals surface area contributed by atoms with Crippen LogP contribution in [0.5, 0.6) is 0 Å². The van der Waals surface area contributed by atoms with Gasteiger partial charge >= 0.3 is 0 Å². The van der Waals surface area contributed by atoms with Crippen molar-refractivity contribution in [2.45, 2.75) is 13.8 Å². The molecule has 0 fully saturated rings. The van der Waals surface area contributed by atoms with Crippen molar-refractivity contribution in [3.8, 4) is 5.69 Å². The molecule has 0 aliphatic heterocycles. The van der Waals surface area contributed by atoms with E-state index in [-0.39, 0.29) is 11.7 Å². The number of hydrogen-bond donors (Lipinski definition) is 1. The Labute approximate surface area is 132 Å². The third-order valence-electron chi connectivity index (χ3n) is 3.51. The van der Waals surface area contributed by atoms with Crippen molar-refractivity contribution in [1.29, 1.82) is 0 Å². The molecule has 116 valence electrons. The lowest BCUT2D eigenvalue weighted by Crippen LogP contribution is -2.14. The Hall–Kier alpha value is -3.02. The fraction of sp³-hybridized carbons (Fsp3) is 0.118. The fourth-order valence-electron chi connectivity index (χ4n) is 2.44. The molecule has 23 heavy (non-hydrogen) atoms. The highest BCUT2D eigenvalue weighted by atomic mass is 19.1. The van der Waals surface area contributed by atoms with Gasteiger partial charge in [0.1, 0.15) is 5.82 Å². The number of aryl methyl sites for hydroxylation is 1. The van der Waals surface area contributed by atoms with E-state index < -0.39 is 0 Å². The Balaban J connectivity index is 1.94. The Morgan fingerprint density at radius 2 is 1.91 bits per heavy atom. The predicted octanol–water partition coefficient (Wildman–Crippen LogP) is 3.28. The van der Waals surface area contributed by atoms with Crippen LogP contribution in [-0.2, 0) is 0 Å². The second-order valence-corrected chi connectivity index (χ2v) is 5.13. The highest BCUT2D eigenvalue weighted by Crippen LogP contribution is 2.19. The van der Waals surface area contributed by atoms with Crippen LogP contribution in [0.3, 0.4) is 0 Å². The van der Waals surface area contributed by atoms with Gasteiger partial charge in [-0.3, -0.25) is 9.78 Å². The minimum Gasteiger partial charge on any atom is -0.320 e. The van der Waals surface area contributed by atoms with E-state index in [1.54, 1.807) is 48.3 Å². The van der Waals surface area contributed by atoms with Gasteiger partial charge in [0.15, 0.2) is 0 Å². The molecule has 0 unspecified atom stereocenters. The van der Waals surface area contributed by atoms with Crippen molar-refractivity contribution in [3.63, 3.8) is 0 Å². The van der Waals surface area contributed by atoms with Crippen molar-refractivity contribution in [1.82, 2.24) is 14.8 Å². The van der Waals surface area contributed by atoms with E-state index in [0.29, 0.717) is 28.3 Å². The van der Waals surface area contributed by atoms with Crippen LogP contribution in [0.1, 0.15) is 21.7 Å². The molecular weight excluding hydrogens is 295 g/mol. The lowest BCUT2D eigenvalue weighted by molar-refractivity contribution is 0.102. The van der Waals surface area contributed by atoms with E-state index in [0.717, 1.165) is 0 Å². The fourth-order valence-corrected chi connectivity index (χ4v) is 2.44. The van der Waals surface area contributed by atoms with Gasteiger partial charge in [0.2, 0.25) is 0 Å². The lowest BCUT2D eigenvalue weighted by Gasteiger charge is -2.06. The number of aromatic nitrogens is 3. The second-order valence-electron chi connectivity index (χ2n) is 5.13. The summed E-state index contributed by atoms with van der Waals surface area (Å²) in [6.45, 7) is 3.58. The van der Waals surface area contributed by atoms with E-state index in [9.17, 15) is 9.18 Å². The number of hydrogen-bond acceptors (Lipinski definition) is 3. The molecule has 1 aromatic carbocycles. The zero-order valence-electron chi connectivity index (χ0n) is 12.7. The average Bonchev–Trinajstić information content (AvgIpc) is 2.84. The zero-order chi connectivity index (χ0) is 16.4. The monoisotopic (exact) mass is 310 g/mol. The Bertz CT molecular complexity index is 841. The summed E-state index contributed by atoms with van der Waals surface area (Å²) in [7, 11) is 0. The molecule has 1 N–H and O–H groups in total. The van der Waals surface area contributed by atoms with Crippen molar-refractivity contribution in [2.75, 3.05) is 5.32 Å². The molecule has 0 radical (unpaired) electrons. The van der Waals surface area contributed by atoms with Crippen LogP contribution in [0, 0.1) is 19.7 Å². The number of benzene rings is 1. The van der Waals surface area contributed by atoms with Crippen LogP contribution >= 0.6 is 0 Å². The third kappa shape index (κ3) is 2.96. The van der Waals surface area contributed by atoms with E-state index in [1.807, 2.05) is 6.92 Å². The van der Waals surface area contributed by atoms with Crippen LogP contribution in [0.2, 0.25) is 0 Å². The summed E-state index contributed by atoms with van der Waals surface area (Å²) in [4.78, 5) is 16.5. The maximum Gasteiger partial charge on any atom is 0.259 e. The summed E-state index contributed by atoms with van der Waals surface area (Å²) in [6, 6.07) is 9.48. The molecule has 0 spiro atoms. The first-order chi connectivity index (χ1) is 11.1. The summed E-state index contributed by atoms with van der Waals surface area (Å²) in [5, 5.41) is 7.19. The molecular formula is C17H15FN4O. The van der Waals surface area contributed by atoms with Crippen LogP contribution in [0.4, 0.5) is 10.1 Å². The summed E-state index contributed by atoms with van der Waals surface area (Å²) >= 11 is 0. The van der Waals surface area contributed by atoms with E-state index in [4.69, 9.17) is 0 Å². The van der Waals surface area contributed by atoms with Gasteiger partial charge in [-0.15, -0.1) is 0 Å². The quantitative estimate of drug-likeness (QED) is 0.807. The first-order valence-electron chi connectivity index (χ1n) is 7.10. The van der Waals surface area contributed by atoms with Crippen molar-refractivity contribution >= 4 is 11.6 Å². The third-order valence-corrected chi connectivity index (χ3v) is 3.51. The molecule has 0 atom stereocenters. The smallest absolute Gasteiger partial charge is 0.259 e. The number of pyridine rings is 1. The number of halogens is 1. The van der Waals surface area contributed by atoms with Crippen molar-refractivity contribution in [3.05, 3.63) is 71.6 Å². The molecule has 0 aliphatic rings. The molecule has 0 saturated heterocycles. The predicted molar refractivity (Wildman–Crippen MR) is 85.2 cm³/mol. The molecule has 2 aromatic heterocycles. The minimum absolute atomic E-state index is 0.249.